The van der Waals surface area contributed by atoms with Crippen LogP contribution in [0.3, 0.4) is 0 Å². The molecular formula is C36H36NO4+. The number of hydrogen-bond acceptors (Lipinski definition) is 4. The Kier molecular flexibility index (Phi) is 6.63. The van der Waals surface area contributed by atoms with Gasteiger partial charge < -0.3 is 14.0 Å². The van der Waals surface area contributed by atoms with Gasteiger partial charge >= 0.3 is 11.9 Å². The minimum absolute atomic E-state index is 0.185. The summed E-state index contributed by atoms with van der Waals surface area (Å²) in [5.74, 6) is -1.09. The van der Waals surface area contributed by atoms with Crippen LogP contribution in [0.2, 0.25) is 0 Å². The topological polar surface area (TPSA) is 52.6 Å². The first-order valence-corrected chi connectivity index (χ1v) is 15.0. The second kappa shape index (κ2) is 10.5. The first kappa shape index (κ1) is 26.0. The Hall–Kier alpha value is -3.96. The van der Waals surface area contributed by atoms with Gasteiger partial charge in [0.05, 0.1) is 30.7 Å². The molecule has 4 aromatic rings. The van der Waals surface area contributed by atoms with Gasteiger partial charge in [0.2, 0.25) is 0 Å². The Bertz CT molecular complexity index is 1510. The molecule has 41 heavy (non-hydrogen) atoms. The number of nitrogens with zero attached hydrogens (tertiary/aromatic N) is 1. The molecule has 3 aliphatic rings. The summed E-state index contributed by atoms with van der Waals surface area (Å²) < 4.78 is 14.1. The number of carbonyl (C=O) groups is 2. The molecule has 2 unspecified atom stereocenters. The monoisotopic (exact) mass is 546 g/mol. The SMILES string of the molecule is O=C(OC(C(=O)OC1CC2CCC(C1)[N+]21CCCC1)(c1ccccc1)c1ccccc1)c1ccc2ccccc2c1. The fourth-order valence-electron chi connectivity index (χ4n) is 7.96. The summed E-state index contributed by atoms with van der Waals surface area (Å²) in [7, 11) is 0. The van der Waals surface area contributed by atoms with Crippen molar-refractivity contribution >= 4 is 22.7 Å². The van der Waals surface area contributed by atoms with Crippen molar-refractivity contribution in [2.45, 2.75) is 62.3 Å². The molecule has 2 bridgehead atoms. The largest absolute Gasteiger partial charge is 0.458 e. The van der Waals surface area contributed by atoms with E-state index in [-0.39, 0.29) is 6.10 Å². The molecule has 0 aliphatic carbocycles. The van der Waals surface area contributed by atoms with Crippen molar-refractivity contribution in [3.05, 3.63) is 120 Å². The Morgan fingerprint density at radius 3 is 1.85 bits per heavy atom. The van der Waals surface area contributed by atoms with Crippen LogP contribution in [0.25, 0.3) is 10.8 Å². The average molecular weight is 547 g/mol. The molecule has 3 saturated heterocycles. The predicted molar refractivity (Wildman–Crippen MR) is 158 cm³/mol. The average Bonchev–Trinajstić information content (AvgIpc) is 3.56. The number of piperidine rings is 1. The molecule has 0 saturated carbocycles. The molecule has 0 amide bonds. The fourth-order valence-corrected chi connectivity index (χ4v) is 7.96. The zero-order chi connectivity index (χ0) is 27.9. The molecule has 0 N–H and O–H groups in total. The van der Waals surface area contributed by atoms with Crippen LogP contribution >= 0.6 is 0 Å². The summed E-state index contributed by atoms with van der Waals surface area (Å²) in [5.41, 5.74) is -0.190. The van der Waals surface area contributed by atoms with Crippen LogP contribution in [0, 0.1) is 0 Å². The lowest BCUT2D eigenvalue weighted by Gasteiger charge is -2.47. The second-order valence-corrected chi connectivity index (χ2v) is 12.0. The molecule has 208 valence electrons. The Morgan fingerprint density at radius 1 is 0.683 bits per heavy atom. The van der Waals surface area contributed by atoms with Crippen LogP contribution in [-0.2, 0) is 19.9 Å². The minimum atomic E-state index is -1.73. The van der Waals surface area contributed by atoms with E-state index in [9.17, 15) is 9.59 Å². The maximum Gasteiger partial charge on any atom is 0.360 e. The second-order valence-electron chi connectivity index (χ2n) is 12.0. The van der Waals surface area contributed by atoms with Gasteiger partial charge in [-0.05, 0) is 22.9 Å². The van der Waals surface area contributed by atoms with Crippen molar-refractivity contribution in [2.75, 3.05) is 13.1 Å². The summed E-state index contributed by atoms with van der Waals surface area (Å²) in [6.07, 6.45) is 6.58. The van der Waals surface area contributed by atoms with E-state index in [0.717, 1.165) is 23.6 Å². The Morgan fingerprint density at radius 2 is 1.24 bits per heavy atom. The standard InChI is InChI=1S/C36H36NO4/c38-34(28-18-17-26-11-7-8-12-27(26)23-28)41-36(29-13-3-1-4-14-29,30-15-5-2-6-16-30)35(39)40-33-24-31-19-20-32(25-33)37(31)21-9-10-22-37/h1-8,11-18,23,31-33H,9-10,19-22,24-25H2/q+1. The normalized spacial score (nSPS) is 23.0. The Labute approximate surface area is 241 Å². The highest BCUT2D eigenvalue weighted by Gasteiger charge is 2.57. The maximum absolute atomic E-state index is 14.6. The van der Waals surface area contributed by atoms with E-state index in [0.29, 0.717) is 28.8 Å². The van der Waals surface area contributed by atoms with Crippen LogP contribution in [0.15, 0.2) is 103 Å². The van der Waals surface area contributed by atoms with Crippen LogP contribution in [0.5, 0.6) is 0 Å². The minimum Gasteiger partial charge on any atom is -0.458 e. The van der Waals surface area contributed by atoms with Gasteiger partial charge in [0.15, 0.2) is 0 Å². The molecule has 4 aromatic carbocycles. The molecule has 5 heteroatoms. The number of fused-ring (bicyclic) bond motifs is 1. The van der Waals surface area contributed by atoms with Gasteiger partial charge in [-0.3, -0.25) is 0 Å². The third-order valence-electron chi connectivity index (χ3n) is 9.91. The third kappa shape index (κ3) is 4.43. The van der Waals surface area contributed by atoms with Crippen molar-refractivity contribution < 1.29 is 23.5 Å². The lowest BCUT2D eigenvalue weighted by atomic mass is 9.85. The highest BCUT2D eigenvalue weighted by Crippen LogP contribution is 2.47. The van der Waals surface area contributed by atoms with E-state index in [1.165, 1.54) is 43.3 Å². The van der Waals surface area contributed by atoms with Crippen molar-refractivity contribution in [2.24, 2.45) is 0 Å². The van der Waals surface area contributed by atoms with Crippen molar-refractivity contribution in [3.63, 3.8) is 0 Å². The number of esters is 2. The summed E-state index contributed by atoms with van der Waals surface area (Å²) in [6, 6.07) is 33.1. The molecule has 3 aliphatic heterocycles. The number of quaternary nitrogens is 1. The van der Waals surface area contributed by atoms with Gasteiger partial charge in [0, 0.05) is 49.7 Å². The van der Waals surface area contributed by atoms with E-state index in [1.54, 1.807) is 6.07 Å². The zero-order valence-electron chi connectivity index (χ0n) is 23.3. The lowest BCUT2D eigenvalue weighted by molar-refractivity contribution is -0.956. The molecule has 3 fully saturated rings. The van der Waals surface area contributed by atoms with Crippen molar-refractivity contribution in [3.8, 4) is 0 Å². The molecular weight excluding hydrogens is 510 g/mol. The van der Waals surface area contributed by atoms with Crippen LogP contribution < -0.4 is 0 Å². The van der Waals surface area contributed by atoms with Gasteiger partial charge in [-0.15, -0.1) is 0 Å². The summed E-state index contributed by atoms with van der Waals surface area (Å²) >= 11 is 0. The van der Waals surface area contributed by atoms with Gasteiger partial charge in [0.25, 0.3) is 5.60 Å². The van der Waals surface area contributed by atoms with E-state index in [2.05, 4.69) is 0 Å². The Balaban J connectivity index is 1.26. The fraction of sp³-hybridized carbons (Fsp3) is 0.333. The number of hydrogen-bond donors (Lipinski definition) is 0. The number of ether oxygens (including phenoxy) is 2. The van der Waals surface area contributed by atoms with Gasteiger partial charge in [-0.1, -0.05) is 91.0 Å². The molecule has 2 atom stereocenters. The first-order chi connectivity index (χ1) is 20.1. The van der Waals surface area contributed by atoms with Crippen LogP contribution in [-0.4, -0.2) is 47.7 Å². The van der Waals surface area contributed by atoms with Crippen molar-refractivity contribution in [1.29, 1.82) is 0 Å². The van der Waals surface area contributed by atoms with Crippen LogP contribution in [0.4, 0.5) is 0 Å². The third-order valence-corrected chi connectivity index (χ3v) is 9.91. The quantitative estimate of drug-likeness (QED) is 0.197. The highest BCUT2D eigenvalue weighted by atomic mass is 16.6. The predicted octanol–water partition coefficient (Wildman–Crippen LogP) is 6.79. The number of rotatable bonds is 6. The molecule has 0 radical (unpaired) electrons. The van der Waals surface area contributed by atoms with Crippen molar-refractivity contribution in [1.82, 2.24) is 0 Å². The summed E-state index contributed by atoms with van der Waals surface area (Å²) in [6.45, 7) is 2.52. The smallest absolute Gasteiger partial charge is 0.360 e. The van der Waals surface area contributed by atoms with E-state index in [4.69, 9.17) is 9.47 Å². The number of carbonyl (C=O) groups excluding carboxylic acids is 2. The van der Waals surface area contributed by atoms with Gasteiger partial charge in [-0.25, -0.2) is 9.59 Å². The summed E-state index contributed by atoms with van der Waals surface area (Å²) in [4.78, 5) is 28.5. The summed E-state index contributed by atoms with van der Waals surface area (Å²) in [5, 5.41) is 1.97. The van der Waals surface area contributed by atoms with Gasteiger partial charge in [-0.2, -0.15) is 0 Å². The van der Waals surface area contributed by atoms with Crippen LogP contribution in [0.1, 0.15) is 60.0 Å². The molecule has 7 rings (SSSR count). The molecule has 0 aromatic heterocycles. The van der Waals surface area contributed by atoms with E-state index < -0.39 is 17.5 Å². The zero-order valence-corrected chi connectivity index (χ0v) is 23.3. The lowest BCUT2D eigenvalue weighted by Crippen LogP contribution is -2.60. The maximum atomic E-state index is 14.6. The van der Waals surface area contributed by atoms with E-state index in [1.807, 2.05) is 97.1 Å². The van der Waals surface area contributed by atoms with E-state index >= 15 is 0 Å². The number of benzene rings is 4. The highest BCUT2D eigenvalue weighted by molar-refractivity contribution is 5.98. The van der Waals surface area contributed by atoms with Gasteiger partial charge in [0.1, 0.15) is 6.10 Å². The molecule has 1 spiro atoms. The first-order valence-electron chi connectivity index (χ1n) is 15.0. The molecule has 5 nitrogen and oxygen atoms in total. The molecule has 3 heterocycles.